The summed E-state index contributed by atoms with van der Waals surface area (Å²) in [4.78, 5) is 2.28. The molecule has 0 amide bonds. The molecule has 1 fully saturated rings. The number of aliphatic hydroxyl groups is 1. The number of hydrogen-bond acceptors (Lipinski definition) is 4. The van der Waals surface area contributed by atoms with E-state index in [4.69, 9.17) is 0 Å². The van der Waals surface area contributed by atoms with Crippen molar-refractivity contribution in [2.45, 2.75) is 19.0 Å². The second-order valence-electron chi connectivity index (χ2n) is 4.58. The van der Waals surface area contributed by atoms with Gasteiger partial charge in [0.15, 0.2) is 0 Å². The smallest absolute Gasteiger partial charge is 0.115 e. The van der Waals surface area contributed by atoms with Crippen LogP contribution in [0.3, 0.4) is 0 Å². The number of phenolic OH excluding ortho intramolecular Hbond substituents is 1. The molecule has 94 valence electrons. The second kappa shape index (κ2) is 5.49. The van der Waals surface area contributed by atoms with Gasteiger partial charge in [-0.3, -0.25) is 4.90 Å². The van der Waals surface area contributed by atoms with Gasteiger partial charge < -0.3 is 15.5 Å². The van der Waals surface area contributed by atoms with Gasteiger partial charge in [0, 0.05) is 25.7 Å². The predicted molar refractivity (Wildman–Crippen MR) is 67.0 cm³/mol. The highest BCUT2D eigenvalue weighted by Gasteiger charge is 2.26. The number of rotatable bonds is 3. The third-order valence-corrected chi connectivity index (χ3v) is 3.38. The molecular formula is C13H20N2O2. The molecule has 0 spiro atoms. The fourth-order valence-corrected chi connectivity index (χ4v) is 2.45. The summed E-state index contributed by atoms with van der Waals surface area (Å²) < 4.78 is 0. The third-order valence-electron chi connectivity index (χ3n) is 3.38. The zero-order chi connectivity index (χ0) is 12.3. The minimum absolute atomic E-state index is 0.0285. The summed E-state index contributed by atoms with van der Waals surface area (Å²) in [7, 11) is 0. The quantitative estimate of drug-likeness (QED) is 0.724. The number of aromatic hydroxyl groups is 1. The zero-order valence-electron chi connectivity index (χ0n) is 10.1. The standard InChI is InChI=1S/C13H20N2O2/c1-10-8-14-5-6-15(10)13(9-16)11-3-2-4-12(17)7-11/h2-4,7,10,13-14,16-17H,5-6,8-9H2,1H3. The van der Waals surface area contributed by atoms with E-state index in [9.17, 15) is 10.2 Å². The molecule has 17 heavy (non-hydrogen) atoms. The average molecular weight is 236 g/mol. The van der Waals surface area contributed by atoms with Crippen LogP contribution in [-0.2, 0) is 0 Å². The van der Waals surface area contributed by atoms with Crippen molar-refractivity contribution in [1.82, 2.24) is 10.2 Å². The number of nitrogens with zero attached hydrogens (tertiary/aromatic N) is 1. The monoisotopic (exact) mass is 236 g/mol. The summed E-state index contributed by atoms with van der Waals surface area (Å²) in [5.74, 6) is 0.253. The molecule has 2 unspecified atom stereocenters. The SMILES string of the molecule is CC1CNCCN1C(CO)c1cccc(O)c1. The number of piperazine rings is 1. The lowest BCUT2D eigenvalue weighted by molar-refractivity contribution is 0.0722. The van der Waals surface area contributed by atoms with Crippen molar-refractivity contribution >= 4 is 0 Å². The maximum Gasteiger partial charge on any atom is 0.115 e. The van der Waals surface area contributed by atoms with Crippen LogP contribution < -0.4 is 5.32 Å². The summed E-state index contributed by atoms with van der Waals surface area (Å²) in [6.07, 6.45) is 0. The van der Waals surface area contributed by atoms with E-state index in [1.807, 2.05) is 12.1 Å². The normalized spacial score (nSPS) is 23.5. The van der Waals surface area contributed by atoms with Crippen LogP contribution in [0.1, 0.15) is 18.5 Å². The van der Waals surface area contributed by atoms with Crippen LogP contribution in [-0.4, -0.2) is 47.4 Å². The molecule has 4 heteroatoms. The van der Waals surface area contributed by atoms with Gasteiger partial charge in [-0.05, 0) is 24.6 Å². The Kier molecular flexibility index (Phi) is 3.99. The van der Waals surface area contributed by atoms with Gasteiger partial charge in [-0.1, -0.05) is 12.1 Å². The van der Waals surface area contributed by atoms with Crippen molar-refractivity contribution in [3.8, 4) is 5.75 Å². The Balaban J connectivity index is 2.20. The van der Waals surface area contributed by atoms with Crippen molar-refractivity contribution in [2.24, 2.45) is 0 Å². The number of benzene rings is 1. The van der Waals surface area contributed by atoms with E-state index in [1.165, 1.54) is 0 Å². The molecule has 3 N–H and O–H groups in total. The molecule has 2 atom stereocenters. The maximum absolute atomic E-state index is 9.60. The summed E-state index contributed by atoms with van der Waals surface area (Å²) in [6, 6.07) is 7.52. The van der Waals surface area contributed by atoms with Gasteiger partial charge in [-0.25, -0.2) is 0 Å². The van der Waals surface area contributed by atoms with E-state index in [2.05, 4.69) is 17.1 Å². The fourth-order valence-electron chi connectivity index (χ4n) is 2.45. The van der Waals surface area contributed by atoms with E-state index in [-0.39, 0.29) is 18.4 Å². The maximum atomic E-state index is 9.60. The molecule has 1 aromatic carbocycles. The minimum atomic E-state index is -0.0285. The van der Waals surface area contributed by atoms with Crippen LogP contribution in [0.25, 0.3) is 0 Å². The average Bonchev–Trinajstić information content (AvgIpc) is 2.33. The Morgan fingerprint density at radius 2 is 2.35 bits per heavy atom. The molecule has 0 bridgehead atoms. The molecule has 1 heterocycles. The minimum Gasteiger partial charge on any atom is -0.508 e. The largest absolute Gasteiger partial charge is 0.508 e. The van der Waals surface area contributed by atoms with Crippen molar-refractivity contribution in [1.29, 1.82) is 0 Å². The van der Waals surface area contributed by atoms with Gasteiger partial charge in [0.1, 0.15) is 5.75 Å². The van der Waals surface area contributed by atoms with Crippen LogP contribution in [0.4, 0.5) is 0 Å². The number of phenols is 1. The first kappa shape index (κ1) is 12.4. The molecule has 1 saturated heterocycles. The molecule has 4 nitrogen and oxygen atoms in total. The molecule has 1 aliphatic heterocycles. The van der Waals surface area contributed by atoms with Gasteiger partial charge >= 0.3 is 0 Å². The van der Waals surface area contributed by atoms with Gasteiger partial charge in [0.05, 0.1) is 12.6 Å². The zero-order valence-corrected chi connectivity index (χ0v) is 10.1. The number of nitrogens with one attached hydrogen (secondary N) is 1. The number of hydrogen-bond donors (Lipinski definition) is 3. The first-order valence-electron chi connectivity index (χ1n) is 6.08. The first-order chi connectivity index (χ1) is 8.22. The summed E-state index contributed by atoms with van der Waals surface area (Å²) in [6.45, 7) is 5.03. The van der Waals surface area contributed by atoms with Crippen LogP contribution >= 0.6 is 0 Å². The Bertz CT molecular complexity index is 370. The summed E-state index contributed by atoms with van der Waals surface area (Å²) in [5.41, 5.74) is 0.973. The summed E-state index contributed by atoms with van der Waals surface area (Å²) in [5, 5.41) is 22.4. The van der Waals surface area contributed by atoms with E-state index in [0.29, 0.717) is 6.04 Å². The van der Waals surface area contributed by atoms with E-state index < -0.39 is 0 Å². The fraction of sp³-hybridized carbons (Fsp3) is 0.538. The van der Waals surface area contributed by atoms with E-state index in [0.717, 1.165) is 25.2 Å². The molecule has 1 aliphatic rings. The molecule has 2 rings (SSSR count). The number of aliphatic hydroxyl groups excluding tert-OH is 1. The Morgan fingerprint density at radius 1 is 1.53 bits per heavy atom. The van der Waals surface area contributed by atoms with Crippen molar-refractivity contribution in [3.05, 3.63) is 29.8 Å². The Morgan fingerprint density at radius 3 is 3.00 bits per heavy atom. The van der Waals surface area contributed by atoms with Crippen molar-refractivity contribution in [2.75, 3.05) is 26.2 Å². The van der Waals surface area contributed by atoms with Crippen molar-refractivity contribution < 1.29 is 10.2 Å². The van der Waals surface area contributed by atoms with Crippen LogP contribution in [0.5, 0.6) is 5.75 Å². The molecular weight excluding hydrogens is 216 g/mol. The molecule has 0 aliphatic carbocycles. The van der Waals surface area contributed by atoms with Gasteiger partial charge in [-0.15, -0.1) is 0 Å². The highest BCUT2D eigenvalue weighted by molar-refractivity contribution is 5.29. The van der Waals surface area contributed by atoms with Crippen LogP contribution in [0, 0.1) is 0 Å². The van der Waals surface area contributed by atoms with Gasteiger partial charge in [0.25, 0.3) is 0 Å². The predicted octanol–water partition coefficient (Wildman–Crippen LogP) is 0.719. The third kappa shape index (κ3) is 2.77. The van der Waals surface area contributed by atoms with Crippen LogP contribution in [0.2, 0.25) is 0 Å². The first-order valence-corrected chi connectivity index (χ1v) is 6.08. The van der Waals surface area contributed by atoms with Crippen LogP contribution in [0.15, 0.2) is 24.3 Å². The van der Waals surface area contributed by atoms with Gasteiger partial charge in [-0.2, -0.15) is 0 Å². The van der Waals surface area contributed by atoms with Gasteiger partial charge in [0.2, 0.25) is 0 Å². The lowest BCUT2D eigenvalue weighted by Crippen LogP contribution is -2.51. The molecule has 1 aromatic rings. The Hall–Kier alpha value is -1.10. The molecule has 0 radical (unpaired) electrons. The Labute approximate surface area is 102 Å². The topological polar surface area (TPSA) is 55.7 Å². The second-order valence-corrected chi connectivity index (χ2v) is 4.58. The van der Waals surface area contributed by atoms with E-state index in [1.54, 1.807) is 12.1 Å². The van der Waals surface area contributed by atoms with Crippen molar-refractivity contribution in [3.63, 3.8) is 0 Å². The van der Waals surface area contributed by atoms with E-state index >= 15 is 0 Å². The molecule has 0 aromatic heterocycles. The highest BCUT2D eigenvalue weighted by atomic mass is 16.3. The highest BCUT2D eigenvalue weighted by Crippen LogP contribution is 2.25. The summed E-state index contributed by atoms with van der Waals surface area (Å²) >= 11 is 0. The lowest BCUT2D eigenvalue weighted by Gasteiger charge is -2.39. The molecule has 0 saturated carbocycles. The lowest BCUT2D eigenvalue weighted by atomic mass is 10.0.